The van der Waals surface area contributed by atoms with E-state index >= 15 is 0 Å². The van der Waals surface area contributed by atoms with Crippen LogP contribution in [-0.4, -0.2) is 11.8 Å². The Morgan fingerprint density at radius 2 is 1.82 bits per heavy atom. The van der Waals surface area contributed by atoms with Gasteiger partial charge in [-0.1, -0.05) is 46.9 Å². The van der Waals surface area contributed by atoms with Crippen LogP contribution in [0, 0.1) is 11.3 Å². The fourth-order valence-electron chi connectivity index (χ4n) is 1.63. The summed E-state index contributed by atoms with van der Waals surface area (Å²) >= 11 is 17.7. The van der Waals surface area contributed by atoms with E-state index in [1.54, 1.807) is 36.4 Å². The van der Waals surface area contributed by atoms with E-state index in [-0.39, 0.29) is 15.6 Å². The molecular formula is C15H8Cl3N3O. The second-order valence-corrected chi connectivity index (χ2v) is 5.44. The molecule has 0 amide bonds. The van der Waals surface area contributed by atoms with Crippen LogP contribution in [0.25, 0.3) is 0 Å². The van der Waals surface area contributed by atoms with Crippen molar-refractivity contribution in [2.75, 3.05) is 0 Å². The summed E-state index contributed by atoms with van der Waals surface area (Å²) in [5.41, 5.74) is 0.537. The molecule has 0 saturated heterocycles. The van der Waals surface area contributed by atoms with E-state index in [9.17, 15) is 4.79 Å². The number of Topliss-reactive ketones (excluding diaryl/α,β-unsaturated/α-hetero) is 1. The van der Waals surface area contributed by atoms with Crippen LogP contribution in [-0.2, 0) is 0 Å². The van der Waals surface area contributed by atoms with E-state index in [1.165, 1.54) is 12.1 Å². The van der Waals surface area contributed by atoms with Gasteiger partial charge in [-0.15, -0.1) is 0 Å². The van der Waals surface area contributed by atoms with Crippen LogP contribution < -0.4 is 0 Å². The molecule has 1 atom stereocenters. The van der Waals surface area contributed by atoms with Crippen molar-refractivity contribution in [2.24, 2.45) is 10.2 Å². The molecule has 2 aromatic rings. The number of hydrogen-bond donors (Lipinski definition) is 0. The molecule has 2 rings (SSSR count). The van der Waals surface area contributed by atoms with E-state index in [1.807, 2.05) is 0 Å². The Hall–Kier alpha value is -1.93. The minimum Gasteiger partial charge on any atom is -0.290 e. The lowest BCUT2D eigenvalue weighted by Crippen LogP contribution is -2.16. The first-order valence-electron chi connectivity index (χ1n) is 6.07. The fraction of sp³-hybridized carbons (Fsp3) is 0.0667. The third-order valence-electron chi connectivity index (χ3n) is 2.70. The second-order valence-electron chi connectivity index (χ2n) is 4.19. The maximum absolute atomic E-state index is 12.2. The van der Waals surface area contributed by atoms with E-state index in [2.05, 4.69) is 10.2 Å². The molecule has 1 unspecified atom stereocenters. The molecule has 0 fully saturated rings. The number of benzene rings is 2. The number of azo groups is 1. The number of carbonyl (C=O) groups is 1. The highest BCUT2D eigenvalue weighted by molar-refractivity contribution is 6.36. The minimum atomic E-state index is -1.30. The molecule has 4 nitrogen and oxygen atoms in total. The Morgan fingerprint density at radius 1 is 1.09 bits per heavy atom. The molecule has 0 aromatic heterocycles. The maximum Gasteiger partial charge on any atom is 0.219 e. The lowest BCUT2D eigenvalue weighted by atomic mass is 10.1. The van der Waals surface area contributed by atoms with Gasteiger partial charge in [0.1, 0.15) is 5.69 Å². The highest BCUT2D eigenvalue weighted by atomic mass is 35.5. The van der Waals surface area contributed by atoms with Gasteiger partial charge in [-0.05, 0) is 30.3 Å². The van der Waals surface area contributed by atoms with Crippen molar-refractivity contribution in [1.82, 2.24) is 0 Å². The maximum atomic E-state index is 12.2. The van der Waals surface area contributed by atoms with Gasteiger partial charge in [0.25, 0.3) is 0 Å². The molecule has 0 aliphatic heterocycles. The van der Waals surface area contributed by atoms with Crippen LogP contribution in [0.15, 0.2) is 52.7 Å². The smallest absolute Gasteiger partial charge is 0.219 e. The van der Waals surface area contributed by atoms with Gasteiger partial charge in [-0.2, -0.15) is 15.5 Å². The molecular weight excluding hydrogens is 345 g/mol. The van der Waals surface area contributed by atoms with Gasteiger partial charge in [0, 0.05) is 10.6 Å². The number of nitrogens with zero attached hydrogens (tertiary/aromatic N) is 3. The number of ketones is 1. The summed E-state index contributed by atoms with van der Waals surface area (Å²) in [6, 6.07) is 11.5. The van der Waals surface area contributed by atoms with Gasteiger partial charge in [0.05, 0.1) is 16.1 Å². The minimum absolute atomic E-state index is 0.219. The molecule has 0 aliphatic rings. The Labute approximate surface area is 141 Å². The third kappa shape index (κ3) is 3.83. The van der Waals surface area contributed by atoms with Crippen LogP contribution in [0.2, 0.25) is 15.1 Å². The van der Waals surface area contributed by atoms with Crippen LogP contribution >= 0.6 is 34.8 Å². The van der Waals surface area contributed by atoms with Gasteiger partial charge in [-0.25, -0.2) is 0 Å². The molecule has 0 heterocycles. The molecule has 110 valence electrons. The first-order valence-corrected chi connectivity index (χ1v) is 7.20. The summed E-state index contributed by atoms with van der Waals surface area (Å²) in [6.07, 6.45) is 0. The number of rotatable bonds is 4. The standard InChI is InChI=1S/C15H8Cl3N3O/c16-9-5-6-13(12(18)7-9)20-21-14(8-19)15(22)10-3-1-2-4-11(10)17/h1-7,14H. The topological polar surface area (TPSA) is 65.6 Å². The number of carbonyl (C=O) groups excluding carboxylic acids is 1. The van der Waals surface area contributed by atoms with Crippen molar-refractivity contribution in [3.8, 4) is 6.07 Å². The van der Waals surface area contributed by atoms with Gasteiger partial charge in [-0.3, -0.25) is 4.79 Å². The van der Waals surface area contributed by atoms with Crippen molar-refractivity contribution in [3.05, 3.63) is 63.1 Å². The number of hydrogen-bond acceptors (Lipinski definition) is 4. The average molecular weight is 353 g/mol. The molecule has 7 heteroatoms. The van der Waals surface area contributed by atoms with Crippen LogP contribution in [0.5, 0.6) is 0 Å². The molecule has 0 N–H and O–H groups in total. The third-order valence-corrected chi connectivity index (χ3v) is 3.57. The van der Waals surface area contributed by atoms with Crippen molar-refractivity contribution in [3.63, 3.8) is 0 Å². The first-order chi connectivity index (χ1) is 10.5. The van der Waals surface area contributed by atoms with Crippen molar-refractivity contribution in [2.45, 2.75) is 6.04 Å². The Morgan fingerprint density at radius 3 is 2.45 bits per heavy atom. The molecule has 0 spiro atoms. The van der Waals surface area contributed by atoms with E-state index < -0.39 is 11.8 Å². The summed E-state index contributed by atoms with van der Waals surface area (Å²) < 4.78 is 0. The van der Waals surface area contributed by atoms with Crippen LogP contribution in [0.4, 0.5) is 5.69 Å². The summed E-state index contributed by atoms with van der Waals surface area (Å²) in [5, 5.41) is 17.7. The zero-order valence-electron chi connectivity index (χ0n) is 11.0. The van der Waals surface area contributed by atoms with Crippen molar-refractivity contribution in [1.29, 1.82) is 5.26 Å². The first kappa shape index (κ1) is 16.4. The van der Waals surface area contributed by atoms with Crippen LogP contribution in [0.1, 0.15) is 10.4 Å². The lowest BCUT2D eigenvalue weighted by molar-refractivity contribution is 0.0979. The number of nitriles is 1. The van der Waals surface area contributed by atoms with Crippen LogP contribution in [0.3, 0.4) is 0 Å². The Bertz CT molecular complexity index is 784. The highest BCUT2D eigenvalue weighted by Gasteiger charge is 2.21. The van der Waals surface area contributed by atoms with Crippen molar-refractivity contribution < 1.29 is 4.79 Å². The summed E-state index contributed by atoms with van der Waals surface area (Å²) in [6.45, 7) is 0. The molecule has 2 aromatic carbocycles. The largest absolute Gasteiger partial charge is 0.290 e. The monoisotopic (exact) mass is 351 g/mol. The SMILES string of the molecule is N#CC(N=Nc1ccc(Cl)cc1Cl)C(=O)c1ccccc1Cl. The molecule has 0 bridgehead atoms. The summed E-state index contributed by atoms with van der Waals surface area (Å²) in [5.74, 6) is -0.526. The molecule has 0 radical (unpaired) electrons. The number of halogens is 3. The quantitative estimate of drug-likeness (QED) is 0.538. The van der Waals surface area contributed by atoms with Gasteiger partial charge in [0.2, 0.25) is 11.8 Å². The van der Waals surface area contributed by atoms with E-state index in [0.29, 0.717) is 10.7 Å². The average Bonchev–Trinajstić information content (AvgIpc) is 2.50. The van der Waals surface area contributed by atoms with Crippen molar-refractivity contribution >= 4 is 46.3 Å². The predicted octanol–water partition coefficient (Wildman–Crippen LogP) is 5.51. The summed E-state index contributed by atoms with van der Waals surface area (Å²) in [7, 11) is 0. The highest BCUT2D eigenvalue weighted by Crippen LogP contribution is 2.28. The fourth-order valence-corrected chi connectivity index (χ4v) is 2.30. The second kappa shape index (κ2) is 7.37. The molecule has 0 saturated carbocycles. The van der Waals surface area contributed by atoms with Gasteiger partial charge in [0.15, 0.2) is 0 Å². The summed E-state index contributed by atoms with van der Waals surface area (Å²) in [4.78, 5) is 12.2. The predicted molar refractivity (Wildman–Crippen MR) is 86.2 cm³/mol. The van der Waals surface area contributed by atoms with Gasteiger partial charge >= 0.3 is 0 Å². The van der Waals surface area contributed by atoms with E-state index in [4.69, 9.17) is 40.1 Å². The van der Waals surface area contributed by atoms with E-state index in [0.717, 1.165) is 0 Å². The Balaban J connectivity index is 2.26. The van der Waals surface area contributed by atoms with Gasteiger partial charge < -0.3 is 0 Å². The normalized spacial score (nSPS) is 12.1. The zero-order valence-corrected chi connectivity index (χ0v) is 13.3. The molecule has 22 heavy (non-hydrogen) atoms. The zero-order chi connectivity index (χ0) is 16.1. The lowest BCUT2D eigenvalue weighted by Gasteiger charge is -2.04. The Kier molecular flexibility index (Phi) is 5.51. The molecule has 0 aliphatic carbocycles.